The van der Waals surface area contributed by atoms with E-state index < -0.39 is 0 Å². The molecule has 0 bridgehead atoms. The maximum absolute atomic E-state index is 6.03. The van der Waals surface area contributed by atoms with Crippen molar-refractivity contribution in [3.63, 3.8) is 0 Å². The highest BCUT2D eigenvalue weighted by molar-refractivity contribution is 8.00. The summed E-state index contributed by atoms with van der Waals surface area (Å²) in [6.45, 7) is 2.99. The molecule has 0 radical (unpaired) electrons. The minimum atomic E-state index is 0.341. The molecule has 1 nitrogen and oxygen atoms in total. The lowest BCUT2D eigenvalue weighted by Crippen LogP contribution is -2.56. The van der Waals surface area contributed by atoms with Crippen molar-refractivity contribution in [3.8, 4) is 0 Å². The lowest BCUT2D eigenvalue weighted by molar-refractivity contribution is -0.00139. The number of thioether (sulfide) groups is 1. The van der Waals surface area contributed by atoms with Gasteiger partial charge in [0.05, 0.1) is 0 Å². The summed E-state index contributed by atoms with van der Waals surface area (Å²) in [5, 5.41) is 0. The van der Waals surface area contributed by atoms with Gasteiger partial charge in [0.2, 0.25) is 0 Å². The molecule has 2 N–H and O–H groups in total. The predicted molar refractivity (Wildman–Crippen MR) is 74.3 cm³/mol. The molecule has 17 heavy (non-hydrogen) atoms. The zero-order chi connectivity index (χ0) is 11.9. The highest BCUT2D eigenvalue weighted by Gasteiger charge is 2.56. The molecule has 2 heteroatoms. The molecule has 2 fully saturated rings. The highest BCUT2D eigenvalue weighted by atomic mass is 32.2. The van der Waals surface area contributed by atoms with Crippen LogP contribution in [0.1, 0.15) is 37.7 Å². The van der Waals surface area contributed by atoms with Crippen LogP contribution < -0.4 is 5.73 Å². The quantitative estimate of drug-likeness (QED) is 0.880. The number of benzene rings is 1. The first-order valence-electron chi connectivity index (χ1n) is 6.61. The fourth-order valence-corrected chi connectivity index (χ4v) is 5.26. The van der Waals surface area contributed by atoms with Gasteiger partial charge in [-0.15, -0.1) is 11.8 Å². The average Bonchev–Trinajstić information content (AvgIpc) is 2.20. The maximum Gasteiger partial charge on any atom is 0.0339 e. The fraction of sp³-hybridized carbons (Fsp3) is 0.600. The summed E-state index contributed by atoms with van der Waals surface area (Å²) in [4.78, 5) is 1.39. The molecule has 2 aliphatic rings. The van der Waals surface area contributed by atoms with Gasteiger partial charge in [-0.2, -0.15) is 0 Å². The lowest BCUT2D eigenvalue weighted by Gasteiger charge is -2.60. The van der Waals surface area contributed by atoms with E-state index in [1.54, 1.807) is 0 Å². The molecule has 0 saturated heterocycles. The Bertz CT molecular complexity index is 415. The normalized spacial score (nSPS) is 24.1. The third-order valence-corrected chi connectivity index (χ3v) is 5.88. The van der Waals surface area contributed by atoms with E-state index in [1.807, 2.05) is 11.8 Å². The van der Waals surface area contributed by atoms with Crippen molar-refractivity contribution in [3.05, 3.63) is 29.8 Å². The van der Waals surface area contributed by atoms with Crippen molar-refractivity contribution in [2.24, 2.45) is 11.1 Å². The second-order valence-corrected chi connectivity index (χ2v) is 7.55. The van der Waals surface area contributed by atoms with E-state index in [4.69, 9.17) is 5.73 Å². The summed E-state index contributed by atoms with van der Waals surface area (Å²) in [5.74, 6) is 0. The Balaban J connectivity index is 1.71. The van der Waals surface area contributed by atoms with Gasteiger partial charge in [-0.25, -0.2) is 0 Å². The molecule has 1 aromatic carbocycles. The van der Waals surface area contributed by atoms with Crippen molar-refractivity contribution in [1.82, 2.24) is 0 Å². The highest BCUT2D eigenvalue weighted by Crippen LogP contribution is 2.65. The number of aryl methyl sites for hydroxylation is 1. The summed E-state index contributed by atoms with van der Waals surface area (Å²) in [7, 11) is 0. The Morgan fingerprint density at radius 1 is 1.29 bits per heavy atom. The molecule has 2 aliphatic carbocycles. The standard InChI is InChI=1S/C15H21NS/c1-12-4-2-5-13(8-12)17-15(11-16)9-14(10-15)6-3-7-14/h2,4-5,8H,3,6-7,9-11,16H2,1H3. The molecular formula is C15H21NS. The first-order chi connectivity index (χ1) is 8.15. The van der Waals surface area contributed by atoms with Gasteiger partial charge in [0.1, 0.15) is 0 Å². The van der Waals surface area contributed by atoms with Gasteiger partial charge in [0, 0.05) is 16.2 Å². The summed E-state index contributed by atoms with van der Waals surface area (Å²) >= 11 is 2.02. The van der Waals surface area contributed by atoms with Crippen LogP contribution in [0.25, 0.3) is 0 Å². The van der Waals surface area contributed by atoms with Crippen molar-refractivity contribution in [2.75, 3.05) is 6.54 Å². The largest absolute Gasteiger partial charge is 0.329 e. The maximum atomic E-state index is 6.03. The van der Waals surface area contributed by atoms with Crippen LogP contribution in [-0.4, -0.2) is 11.3 Å². The zero-order valence-corrected chi connectivity index (χ0v) is 11.4. The van der Waals surface area contributed by atoms with Crippen molar-refractivity contribution in [2.45, 2.75) is 48.7 Å². The molecule has 3 rings (SSSR count). The molecule has 1 spiro atoms. The summed E-state index contributed by atoms with van der Waals surface area (Å²) < 4.78 is 0.341. The van der Waals surface area contributed by atoms with Gasteiger partial charge in [-0.05, 0) is 50.2 Å². The molecule has 92 valence electrons. The number of nitrogens with two attached hydrogens (primary N) is 1. The average molecular weight is 247 g/mol. The Morgan fingerprint density at radius 2 is 2.06 bits per heavy atom. The van der Waals surface area contributed by atoms with Crippen LogP contribution in [-0.2, 0) is 0 Å². The van der Waals surface area contributed by atoms with Crippen LogP contribution in [0.15, 0.2) is 29.2 Å². The summed E-state index contributed by atoms with van der Waals surface area (Å²) in [5.41, 5.74) is 8.09. The van der Waals surface area contributed by atoms with E-state index in [-0.39, 0.29) is 0 Å². The molecule has 0 heterocycles. The second kappa shape index (κ2) is 4.03. The van der Waals surface area contributed by atoms with Gasteiger partial charge >= 0.3 is 0 Å². The third kappa shape index (κ3) is 2.02. The Labute approximate surface area is 108 Å². The van der Waals surface area contributed by atoms with Crippen molar-refractivity contribution >= 4 is 11.8 Å². The smallest absolute Gasteiger partial charge is 0.0339 e. The third-order valence-electron chi connectivity index (χ3n) is 4.50. The van der Waals surface area contributed by atoms with Crippen LogP contribution in [0.3, 0.4) is 0 Å². The molecule has 0 unspecified atom stereocenters. The monoisotopic (exact) mass is 247 g/mol. The van der Waals surface area contributed by atoms with E-state index in [9.17, 15) is 0 Å². The van der Waals surface area contributed by atoms with Crippen molar-refractivity contribution < 1.29 is 0 Å². The Hall–Kier alpha value is -0.470. The van der Waals surface area contributed by atoms with Crippen LogP contribution in [0, 0.1) is 12.3 Å². The minimum Gasteiger partial charge on any atom is -0.329 e. The Morgan fingerprint density at radius 3 is 2.59 bits per heavy atom. The zero-order valence-electron chi connectivity index (χ0n) is 10.5. The van der Waals surface area contributed by atoms with Crippen LogP contribution in [0.2, 0.25) is 0 Å². The van der Waals surface area contributed by atoms with Crippen LogP contribution in [0.4, 0.5) is 0 Å². The molecule has 0 atom stereocenters. The molecule has 2 saturated carbocycles. The second-order valence-electron chi connectivity index (χ2n) is 6.01. The van der Waals surface area contributed by atoms with E-state index in [2.05, 4.69) is 31.2 Å². The van der Waals surface area contributed by atoms with E-state index in [1.165, 1.54) is 42.6 Å². The van der Waals surface area contributed by atoms with Crippen LogP contribution >= 0.6 is 11.8 Å². The predicted octanol–water partition coefficient (Wildman–Crippen LogP) is 3.75. The van der Waals surface area contributed by atoms with Crippen molar-refractivity contribution in [1.29, 1.82) is 0 Å². The molecule has 0 aliphatic heterocycles. The van der Waals surface area contributed by atoms with Gasteiger partial charge in [-0.1, -0.05) is 24.1 Å². The first-order valence-corrected chi connectivity index (χ1v) is 7.43. The van der Waals surface area contributed by atoms with Gasteiger partial charge in [0.15, 0.2) is 0 Å². The van der Waals surface area contributed by atoms with Crippen LogP contribution in [0.5, 0.6) is 0 Å². The SMILES string of the molecule is Cc1cccc(SC2(CN)CC3(CCC3)C2)c1. The first kappa shape index (κ1) is 11.6. The molecular weight excluding hydrogens is 226 g/mol. The molecule has 0 aromatic heterocycles. The minimum absolute atomic E-state index is 0.341. The van der Waals surface area contributed by atoms with Gasteiger partial charge in [0.25, 0.3) is 0 Å². The topological polar surface area (TPSA) is 26.0 Å². The van der Waals surface area contributed by atoms with Gasteiger partial charge < -0.3 is 5.73 Å². The molecule has 0 amide bonds. The number of rotatable bonds is 3. The number of hydrogen-bond donors (Lipinski definition) is 1. The Kier molecular flexibility index (Phi) is 2.75. The summed E-state index contributed by atoms with van der Waals surface area (Å²) in [6, 6.07) is 8.82. The van der Waals surface area contributed by atoms with E-state index >= 15 is 0 Å². The van der Waals surface area contributed by atoms with E-state index in [0.29, 0.717) is 10.2 Å². The fourth-order valence-electron chi connectivity index (χ4n) is 3.53. The van der Waals surface area contributed by atoms with Gasteiger partial charge in [-0.3, -0.25) is 0 Å². The molecule has 1 aromatic rings. The lowest BCUT2D eigenvalue weighted by atomic mass is 9.51. The van der Waals surface area contributed by atoms with E-state index in [0.717, 1.165) is 6.54 Å². The number of hydrogen-bond acceptors (Lipinski definition) is 2. The summed E-state index contributed by atoms with van der Waals surface area (Å²) in [6.07, 6.45) is 7.02.